The first-order valence-corrected chi connectivity index (χ1v) is 8.19. The van der Waals surface area contributed by atoms with Gasteiger partial charge in [-0.1, -0.05) is 6.07 Å². The monoisotopic (exact) mass is 329 g/mol. The van der Waals surface area contributed by atoms with Crippen LogP contribution in [0.3, 0.4) is 0 Å². The molecule has 2 aromatic rings. The summed E-state index contributed by atoms with van der Waals surface area (Å²) in [6.45, 7) is 2.78. The lowest BCUT2D eigenvalue weighted by Crippen LogP contribution is -2.21. The molecule has 24 heavy (non-hydrogen) atoms. The van der Waals surface area contributed by atoms with E-state index >= 15 is 0 Å². The zero-order valence-corrected chi connectivity index (χ0v) is 14.2. The van der Waals surface area contributed by atoms with E-state index in [1.54, 1.807) is 20.4 Å². The molecule has 2 heterocycles. The Morgan fingerprint density at radius 2 is 1.92 bits per heavy atom. The van der Waals surface area contributed by atoms with Crippen LogP contribution in [0.15, 0.2) is 24.4 Å². The van der Waals surface area contributed by atoms with E-state index in [2.05, 4.69) is 25.4 Å². The van der Waals surface area contributed by atoms with Crippen molar-refractivity contribution in [1.29, 1.82) is 0 Å². The van der Waals surface area contributed by atoms with Crippen LogP contribution in [0, 0.1) is 0 Å². The molecule has 7 nitrogen and oxygen atoms in total. The van der Waals surface area contributed by atoms with Crippen LogP contribution >= 0.6 is 0 Å². The summed E-state index contributed by atoms with van der Waals surface area (Å²) in [5.74, 6) is 2.95. The van der Waals surface area contributed by atoms with E-state index in [0.29, 0.717) is 5.95 Å². The van der Waals surface area contributed by atoms with E-state index in [4.69, 9.17) is 9.47 Å². The number of ether oxygens (including phenoxy) is 2. The van der Waals surface area contributed by atoms with Crippen molar-refractivity contribution in [1.82, 2.24) is 15.2 Å². The van der Waals surface area contributed by atoms with Crippen LogP contribution in [0.2, 0.25) is 0 Å². The minimum Gasteiger partial charge on any atom is -0.493 e. The fourth-order valence-corrected chi connectivity index (χ4v) is 2.80. The van der Waals surface area contributed by atoms with Gasteiger partial charge in [-0.05, 0) is 37.0 Å². The Morgan fingerprint density at radius 1 is 1.12 bits per heavy atom. The van der Waals surface area contributed by atoms with Gasteiger partial charge in [0, 0.05) is 19.6 Å². The van der Waals surface area contributed by atoms with Crippen molar-refractivity contribution >= 4 is 11.8 Å². The third-order valence-corrected chi connectivity index (χ3v) is 4.10. The van der Waals surface area contributed by atoms with Crippen LogP contribution < -0.4 is 19.7 Å². The summed E-state index contributed by atoms with van der Waals surface area (Å²) in [6, 6.07) is 5.96. The molecule has 3 rings (SSSR count). The van der Waals surface area contributed by atoms with Crippen LogP contribution in [-0.2, 0) is 6.42 Å². The van der Waals surface area contributed by atoms with E-state index in [0.717, 1.165) is 43.4 Å². The molecular weight excluding hydrogens is 306 g/mol. The predicted molar refractivity (Wildman–Crippen MR) is 93.0 cm³/mol. The molecule has 0 bridgehead atoms. The quantitative estimate of drug-likeness (QED) is 0.834. The normalized spacial score (nSPS) is 13.8. The van der Waals surface area contributed by atoms with Gasteiger partial charge in [-0.3, -0.25) is 0 Å². The van der Waals surface area contributed by atoms with Crippen molar-refractivity contribution in [2.75, 3.05) is 44.1 Å². The minimum absolute atomic E-state index is 0.712. The Balaban J connectivity index is 1.57. The molecule has 0 radical (unpaired) electrons. The standard InChI is InChI=1S/C17H23N5O2/c1-23-14-6-5-13(11-15(14)24-2)7-8-18-16-12-19-21-17(20-16)22-9-3-4-10-22/h5-6,11-12H,3-4,7-10H2,1-2H3,(H,18,20,21). The number of hydrogen-bond acceptors (Lipinski definition) is 7. The van der Waals surface area contributed by atoms with Crippen LogP contribution in [0.1, 0.15) is 18.4 Å². The van der Waals surface area contributed by atoms with Gasteiger partial charge in [0.05, 0.1) is 20.4 Å². The van der Waals surface area contributed by atoms with E-state index in [9.17, 15) is 0 Å². The molecule has 1 aromatic carbocycles. The molecule has 1 aliphatic rings. The number of rotatable bonds is 7. The van der Waals surface area contributed by atoms with Crippen molar-refractivity contribution in [2.45, 2.75) is 19.3 Å². The lowest BCUT2D eigenvalue weighted by molar-refractivity contribution is 0.354. The van der Waals surface area contributed by atoms with Gasteiger partial charge >= 0.3 is 0 Å². The summed E-state index contributed by atoms with van der Waals surface area (Å²) >= 11 is 0. The second kappa shape index (κ2) is 7.81. The summed E-state index contributed by atoms with van der Waals surface area (Å²) in [6.07, 6.45) is 4.90. The predicted octanol–water partition coefficient (Wildman–Crippen LogP) is 2.14. The summed E-state index contributed by atoms with van der Waals surface area (Å²) in [5.41, 5.74) is 1.17. The number of aromatic nitrogens is 3. The first-order valence-electron chi connectivity index (χ1n) is 8.19. The molecular formula is C17H23N5O2. The molecule has 1 aromatic heterocycles. The van der Waals surface area contributed by atoms with Crippen molar-refractivity contribution < 1.29 is 9.47 Å². The molecule has 0 amide bonds. The maximum Gasteiger partial charge on any atom is 0.247 e. The highest BCUT2D eigenvalue weighted by atomic mass is 16.5. The van der Waals surface area contributed by atoms with Crippen LogP contribution in [0.25, 0.3) is 0 Å². The number of anilines is 2. The Labute approximate surface area is 142 Å². The molecule has 0 aliphatic carbocycles. The Morgan fingerprint density at radius 3 is 2.67 bits per heavy atom. The average Bonchev–Trinajstić information content (AvgIpc) is 3.16. The molecule has 1 saturated heterocycles. The van der Waals surface area contributed by atoms with Gasteiger partial charge in [0.25, 0.3) is 0 Å². The summed E-state index contributed by atoms with van der Waals surface area (Å²) in [7, 11) is 3.28. The fourth-order valence-electron chi connectivity index (χ4n) is 2.80. The van der Waals surface area contributed by atoms with Gasteiger partial charge in [0.1, 0.15) is 0 Å². The Kier molecular flexibility index (Phi) is 5.30. The highest BCUT2D eigenvalue weighted by molar-refractivity contribution is 5.43. The number of nitrogens with one attached hydrogen (secondary N) is 1. The van der Waals surface area contributed by atoms with Crippen molar-refractivity contribution in [2.24, 2.45) is 0 Å². The number of nitrogens with zero attached hydrogens (tertiary/aromatic N) is 4. The Bertz CT molecular complexity index is 674. The lowest BCUT2D eigenvalue weighted by atomic mass is 10.1. The topological polar surface area (TPSA) is 72.4 Å². The van der Waals surface area contributed by atoms with Crippen molar-refractivity contribution in [3.05, 3.63) is 30.0 Å². The third-order valence-electron chi connectivity index (χ3n) is 4.10. The van der Waals surface area contributed by atoms with Gasteiger partial charge in [0.2, 0.25) is 5.95 Å². The zero-order valence-electron chi connectivity index (χ0n) is 14.2. The van der Waals surface area contributed by atoms with Crippen LogP contribution in [0.5, 0.6) is 11.5 Å². The molecule has 0 atom stereocenters. The second-order valence-electron chi connectivity index (χ2n) is 5.70. The Hall–Kier alpha value is -2.57. The largest absolute Gasteiger partial charge is 0.493 e. The smallest absolute Gasteiger partial charge is 0.247 e. The fraction of sp³-hybridized carbons (Fsp3) is 0.471. The van der Waals surface area contributed by atoms with Crippen molar-refractivity contribution in [3.8, 4) is 11.5 Å². The first kappa shape index (κ1) is 16.3. The van der Waals surface area contributed by atoms with Crippen molar-refractivity contribution in [3.63, 3.8) is 0 Å². The molecule has 7 heteroatoms. The molecule has 1 aliphatic heterocycles. The van der Waals surface area contributed by atoms with Crippen LogP contribution in [0.4, 0.5) is 11.8 Å². The first-order chi connectivity index (χ1) is 11.8. The van der Waals surface area contributed by atoms with Gasteiger partial charge in [-0.25, -0.2) is 0 Å². The molecule has 128 valence electrons. The van der Waals surface area contributed by atoms with E-state index in [1.165, 1.54) is 18.4 Å². The summed E-state index contributed by atoms with van der Waals surface area (Å²) in [5, 5.41) is 11.5. The number of benzene rings is 1. The zero-order chi connectivity index (χ0) is 16.8. The van der Waals surface area contributed by atoms with Gasteiger partial charge in [0.15, 0.2) is 17.3 Å². The molecule has 1 N–H and O–H groups in total. The third kappa shape index (κ3) is 3.84. The minimum atomic E-state index is 0.712. The number of hydrogen-bond donors (Lipinski definition) is 1. The number of methoxy groups -OCH3 is 2. The highest BCUT2D eigenvalue weighted by Gasteiger charge is 2.15. The van der Waals surface area contributed by atoms with E-state index < -0.39 is 0 Å². The van der Waals surface area contributed by atoms with E-state index in [-0.39, 0.29) is 0 Å². The molecule has 0 saturated carbocycles. The van der Waals surface area contributed by atoms with Gasteiger partial charge in [-0.2, -0.15) is 10.1 Å². The van der Waals surface area contributed by atoms with Gasteiger partial charge < -0.3 is 19.7 Å². The SMILES string of the molecule is COc1ccc(CCNc2cnnc(N3CCCC3)n2)cc1OC. The van der Waals surface area contributed by atoms with Crippen LogP contribution in [-0.4, -0.2) is 49.0 Å². The maximum atomic E-state index is 5.33. The average molecular weight is 329 g/mol. The van der Waals surface area contributed by atoms with Gasteiger partial charge in [-0.15, -0.1) is 5.10 Å². The lowest BCUT2D eigenvalue weighted by Gasteiger charge is -2.15. The molecule has 1 fully saturated rings. The van der Waals surface area contributed by atoms with E-state index in [1.807, 2.05) is 18.2 Å². The summed E-state index contributed by atoms with van der Waals surface area (Å²) in [4.78, 5) is 6.72. The molecule has 0 unspecified atom stereocenters. The molecule has 0 spiro atoms. The second-order valence-corrected chi connectivity index (χ2v) is 5.70. The highest BCUT2D eigenvalue weighted by Crippen LogP contribution is 2.27. The maximum absolute atomic E-state index is 5.33. The summed E-state index contributed by atoms with van der Waals surface area (Å²) < 4.78 is 10.6.